The van der Waals surface area contributed by atoms with Gasteiger partial charge in [0.05, 0.1) is 22.7 Å². The van der Waals surface area contributed by atoms with Crippen molar-refractivity contribution in [2.45, 2.75) is 19.9 Å². The maximum Gasteiger partial charge on any atom is 0.407 e. The van der Waals surface area contributed by atoms with Gasteiger partial charge in [-0.3, -0.25) is 4.79 Å². The Labute approximate surface area is 194 Å². The normalized spacial score (nSPS) is 13.8. The molecule has 1 aliphatic rings. The van der Waals surface area contributed by atoms with Gasteiger partial charge >= 0.3 is 6.09 Å². The van der Waals surface area contributed by atoms with E-state index in [9.17, 15) is 9.59 Å². The van der Waals surface area contributed by atoms with Gasteiger partial charge in [0.15, 0.2) is 0 Å². The van der Waals surface area contributed by atoms with Crippen LogP contribution in [0, 0.1) is 0 Å². The number of nitrogens with one attached hydrogen (secondary N) is 3. The van der Waals surface area contributed by atoms with Crippen molar-refractivity contribution in [3.8, 4) is 0 Å². The van der Waals surface area contributed by atoms with E-state index in [-0.39, 0.29) is 5.91 Å². The van der Waals surface area contributed by atoms with Crippen LogP contribution in [0.2, 0.25) is 0 Å². The fourth-order valence-electron chi connectivity index (χ4n) is 4.10. The van der Waals surface area contributed by atoms with Crippen LogP contribution in [0.3, 0.4) is 0 Å². The summed E-state index contributed by atoms with van der Waals surface area (Å²) < 4.78 is 2.00. The lowest BCUT2D eigenvalue weighted by Crippen LogP contribution is -2.33. The van der Waals surface area contributed by atoms with E-state index < -0.39 is 6.09 Å². The lowest BCUT2D eigenvalue weighted by molar-refractivity contribution is -0.118. The number of carbonyl (C=O) groups is 2. The number of fused-ring (bicyclic) bond motifs is 2. The number of benzene rings is 1. The quantitative estimate of drug-likeness (QED) is 0.347. The topological polar surface area (TPSA) is 141 Å². The second-order valence-corrected chi connectivity index (χ2v) is 8.12. The van der Waals surface area contributed by atoms with Gasteiger partial charge in [-0.2, -0.15) is 0 Å². The molecule has 34 heavy (non-hydrogen) atoms. The number of hydrogen-bond acceptors (Lipinski definition) is 6. The van der Waals surface area contributed by atoms with E-state index in [4.69, 9.17) is 5.11 Å². The molecule has 174 valence electrons. The van der Waals surface area contributed by atoms with Gasteiger partial charge in [-0.05, 0) is 36.3 Å². The average Bonchev–Trinajstić information content (AvgIpc) is 3.44. The number of imidazole rings is 1. The zero-order valence-corrected chi connectivity index (χ0v) is 18.6. The molecule has 4 heterocycles. The summed E-state index contributed by atoms with van der Waals surface area (Å²) in [6, 6.07) is 7.88. The van der Waals surface area contributed by atoms with Gasteiger partial charge in [0.1, 0.15) is 17.8 Å². The number of rotatable bonds is 6. The van der Waals surface area contributed by atoms with Crippen LogP contribution in [0.4, 0.5) is 16.3 Å². The van der Waals surface area contributed by atoms with Gasteiger partial charge in [0, 0.05) is 44.5 Å². The summed E-state index contributed by atoms with van der Waals surface area (Å²) in [5.41, 5.74) is 5.34. The zero-order valence-electron chi connectivity index (χ0n) is 18.6. The van der Waals surface area contributed by atoms with Crippen molar-refractivity contribution in [1.29, 1.82) is 0 Å². The smallest absolute Gasteiger partial charge is 0.407 e. The van der Waals surface area contributed by atoms with Crippen molar-refractivity contribution in [3.05, 3.63) is 48.7 Å². The standard InChI is InChI=1S/C23H24N8O3/c1-14(32)24-6-9-31-13-27-18-3-2-16(10-20(18)31)28-21-17-11-19(29-22(17)26-12-25-21)15-4-7-30(8-5-15)23(33)34/h2-4,10-13H,5-9H2,1H3,(H,24,32)(H,33,34)(H2,25,26,28,29). The fourth-order valence-corrected chi connectivity index (χ4v) is 4.10. The zero-order chi connectivity index (χ0) is 23.7. The van der Waals surface area contributed by atoms with Crippen LogP contribution in [0.5, 0.6) is 0 Å². The summed E-state index contributed by atoms with van der Waals surface area (Å²) in [6.07, 6.45) is 4.93. The van der Waals surface area contributed by atoms with Crippen molar-refractivity contribution in [2.24, 2.45) is 0 Å². The molecule has 3 aromatic heterocycles. The first kappa shape index (κ1) is 21.4. The summed E-state index contributed by atoms with van der Waals surface area (Å²) in [4.78, 5) is 40.3. The number of aromatic nitrogens is 5. The highest BCUT2D eigenvalue weighted by atomic mass is 16.4. The van der Waals surface area contributed by atoms with E-state index in [0.29, 0.717) is 44.1 Å². The summed E-state index contributed by atoms with van der Waals surface area (Å²) >= 11 is 0. The van der Waals surface area contributed by atoms with Gasteiger partial charge in [0.25, 0.3) is 0 Å². The van der Waals surface area contributed by atoms with Crippen LogP contribution < -0.4 is 10.6 Å². The molecule has 11 heteroatoms. The third-order valence-corrected chi connectivity index (χ3v) is 5.86. The number of H-pyrrole nitrogens is 1. The number of amides is 2. The first-order chi connectivity index (χ1) is 16.5. The Morgan fingerprint density at radius 2 is 2.09 bits per heavy atom. The molecule has 4 N–H and O–H groups in total. The molecular weight excluding hydrogens is 436 g/mol. The van der Waals surface area contributed by atoms with Crippen LogP contribution in [-0.4, -0.2) is 66.1 Å². The fraction of sp³-hybridized carbons (Fsp3) is 0.261. The number of aromatic amines is 1. The maximum atomic E-state index is 11.2. The minimum Gasteiger partial charge on any atom is -0.465 e. The molecule has 11 nitrogen and oxygen atoms in total. The summed E-state index contributed by atoms with van der Waals surface area (Å²) in [5, 5.41) is 16.2. The van der Waals surface area contributed by atoms with Crippen molar-refractivity contribution in [3.63, 3.8) is 0 Å². The van der Waals surface area contributed by atoms with Crippen LogP contribution in [0.1, 0.15) is 19.0 Å². The van der Waals surface area contributed by atoms with E-state index in [2.05, 4.69) is 30.6 Å². The number of carbonyl (C=O) groups excluding carboxylic acids is 1. The van der Waals surface area contributed by atoms with Crippen molar-refractivity contribution in [1.82, 2.24) is 34.7 Å². The molecule has 1 aromatic carbocycles. The molecule has 0 spiro atoms. The van der Waals surface area contributed by atoms with Crippen molar-refractivity contribution < 1.29 is 14.7 Å². The Morgan fingerprint density at radius 1 is 1.21 bits per heavy atom. The highest BCUT2D eigenvalue weighted by molar-refractivity contribution is 5.93. The first-order valence-electron chi connectivity index (χ1n) is 11.0. The molecule has 2 amide bonds. The molecule has 0 bridgehead atoms. The SMILES string of the molecule is CC(=O)NCCn1cnc2ccc(Nc3ncnc4[nH]c(C5=CCN(C(=O)O)CC5)cc34)cc21. The van der Waals surface area contributed by atoms with Crippen LogP contribution in [0.25, 0.3) is 27.6 Å². The van der Waals surface area contributed by atoms with E-state index in [1.54, 1.807) is 6.33 Å². The van der Waals surface area contributed by atoms with Crippen molar-refractivity contribution in [2.75, 3.05) is 25.0 Å². The Kier molecular flexibility index (Phi) is 5.58. The van der Waals surface area contributed by atoms with Crippen LogP contribution >= 0.6 is 0 Å². The van der Waals surface area contributed by atoms with Gasteiger partial charge in [0.2, 0.25) is 5.91 Å². The van der Waals surface area contributed by atoms with Gasteiger partial charge in [-0.25, -0.2) is 19.7 Å². The monoisotopic (exact) mass is 460 g/mol. The Morgan fingerprint density at radius 3 is 2.85 bits per heavy atom. The highest BCUT2D eigenvalue weighted by Crippen LogP contribution is 2.29. The first-order valence-corrected chi connectivity index (χ1v) is 11.0. The molecule has 0 radical (unpaired) electrons. The van der Waals surface area contributed by atoms with Gasteiger partial charge in [-0.1, -0.05) is 6.08 Å². The van der Waals surface area contributed by atoms with Gasteiger partial charge < -0.3 is 30.2 Å². The predicted molar refractivity (Wildman–Crippen MR) is 128 cm³/mol. The third-order valence-electron chi connectivity index (χ3n) is 5.86. The van der Waals surface area contributed by atoms with E-state index in [0.717, 1.165) is 33.4 Å². The molecule has 1 aliphatic heterocycles. The molecule has 4 aromatic rings. The van der Waals surface area contributed by atoms with Crippen LogP contribution in [-0.2, 0) is 11.3 Å². The summed E-state index contributed by atoms with van der Waals surface area (Å²) in [6.45, 7) is 3.47. The second-order valence-electron chi connectivity index (χ2n) is 8.12. The predicted octanol–water partition coefficient (Wildman–Crippen LogP) is 2.95. The largest absolute Gasteiger partial charge is 0.465 e. The lowest BCUT2D eigenvalue weighted by atomic mass is 10.1. The third kappa shape index (κ3) is 4.27. The number of carboxylic acid groups (broad SMARTS) is 1. The van der Waals surface area contributed by atoms with E-state index in [1.165, 1.54) is 18.2 Å². The molecule has 0 unspecified atom stereocenters. The lowest BCUT2D eigenvalue weighted by Gasteiger charge is -2.23. The molecule has 0 saturated heterocycles. The average molecular weight is 460 g/mol. The number of hydrogen-bond donors (Lipinski definition) is 4. The van der Waals surface area contributed by atoms with E-state index in [1.807, 2.05) is 34.9 Å². The Balaban J connectivity index is 1.39. The molecule has 0 fully saturated rings. The summed E-state index contributed by atoms with van der Waals surface area (Å²) in [5.74, 6) is 0.605. The Bertz CT molecular complexity index is 1420. The molecule has 5 rings (SSSR count). The summed E-state index contributed by atoms with van der Waals surface area (Å²) in [7, 11) is 0. The minimum atomic E-state index is -0.905. The maximum absolute atomic E-state index is 11.2. The number of nitrogens with zero attached hydrogens (tertiary/aromatic N) is 5. The molecule has 0 atom stereocenters. The number of anilines is 2. The molecule has 0 aliphatic carbocycles. The highest BCUT2D eigenvalue weighted by Gasteiger charge is 2.19. The molecular formula is C23H24N8O3. The van der Waals surface area contributed by atoms with Crippen LogP contribution in [0.15, 0.2) is 43.0 Å². The second kappa shape index (κ2) is 8.85. The van der Waals surface area contributed by atoms with Gasteiger partial charge in [-0.15, -0.1) is 0 Å². The van der Waals surface area contributed by atoms with Crippen molar-refractivity contribution >= 4 is 51.1 Å². The van der Waals surface area contributed by atoms with E-state index >= 15 is 0 Å². The minimum absolute atomic E-state index is 0.0615. The molecule has 0 saturated carbocycles. The Hall–Kier alpha value is -4.41.